The zero-order valence-corrected chi connectivity index (χ0v) is 16.2. The Bertz CT molecular complexity index is 622. The number of nitrogens with one attached hydrogen (secondary N) is 3. The van der Waals surface area contributed by atoms with Crippen LogP contribution >= 0.6 is 0 Å². The number of nitrogens with zero attached hydrogens (tertiary/aromatic N) is 1. The molecule has 3 rings (SSSR count). The van der Waals surface area contributed by atoms with Gasteiger partial charge in [-0.25, -0.2) is 4.79 Å². The number of carbonyl (C=O) groups is 3. The summed E-state index contributed by atoms with van der Waals surface area (Å²) in [5.74, 6) is -0.931. The van der Waals surface area contributed by atoms with Crippen LogP contribution in [0.1, 0.15) is 70.4 Å². The molecule has 0 unspecified atom stereocenters. The first-order valence-corrected chi connectivity index (χ1v) is 9.83. The first kappa shape index (κ1) is 21.0. The molecule has 1 aromatic rings. The molecular weight excluding hydrogens is 344 g/mol. The molecule has 3 N–H and O–H groups in total. The molecule has 0 radical (unpaired) electrons. The van der Waals surface area contributed by atoms with Gasteiger partial charge in [-0.05, 0) is 43.9 Å². The second kappa shape index (κ2) is 10.2. The fourth-order valence-corrected chi connectivity index (χ4v) is 3.50. The summed E-state index contributed by atoms with van der Waals surface area (Å²) in [6, 6.07) is 3.99. The number of hydrogen-bond donors (Lipinski definition) is 3. The van der Waals surface area contributed by atoms with Crippen LogP contribution in [-0.2, 0) is 9.59 Å². The molecule has 2 saturated heterocycles. The van der Waals surface area contributed by atoms with Gasteiger partial charge in [0, 0.05) is 18.4 Å². The zero-order chi connectivity index (χ0) is 19.7. The number of unbranched alkanes of at least 4 members (excludes halogenated alkanes) is 1. The fraction of sp³-hybridized carbons (Fsp3) is 0.600. The Hall–Kier alpha value is -2.28. The monoisotopic (exact) mass is 374 g/mol. The van der Waals surface area contributed by atoms with Crippen LogP contribution in [0.4, 0.5) is 4.79 Å². The number of rotatable bonds is 5. The Balaban J connectivity index is 0.000000198. The minimum absolute atomic E-state index is 0.415. The van der Waals surface area contributed by atoms with Crippen LogP contribution in [0.15, 0.2) is 24.5 Å². The molecule has 7 heteroatoms. The Morgan fingerprint density at radius 2 is 1.89 bits per heavy atom. The van der Waals surface area contributed by atoms with Crippen molar-refractivity contribution >= 4 is 17.8 Å². The number of pyridine rings is 1. The standard InChI is InChI=1S/C10H16N2O3.C10H14N2/c1-3-5-6-10(4-2)7(13)11-9(15)12-8(10)14;1-2-7-12-10(5-1)9-4-3-6-11-8-9/h3-6H2,1-2H3,(H2,11,12,13,14,15);3-4,6,8,10,12H,1-2,5,7H2/t;10-/m.0/s1. The number of piperidine rings is 1. The van der Waals surface area contributed by atoms with E-state index in [1.54, 1.807) is 6.92 Å². The molecule has 1 aromatic heterocycles. The van der Waals surface area contributed by atoms with E-state index in [-0.39, 0.29) is 0 Å². The molecule has 0 saturated carbocycles. The summed E-state index contributed by atoms with van der Waals surface area (Å²) in [6.07, 6.45) is 10.3. The topological polar surface area (TPSA) is 100 Å². The Labute approximate surface area is 160 Å². The molecule has 1 atom stereocenters. The van der Waals surface area contributed by atoms with Crippen LogP contribution in [0.25, 0.3) is 0 Å². The number of amides is 4. The summed E-state index contributed by atoms with van der Waals surface area (Å²) in [6.45, 7) is 4.93. The number of hydrogen-bond acceptors (Lipinski definition) is 5. The van der Waals surface area contributed by atoms with Gasteiger partial charge in [0.25, 0.3) is 0 Å². The molecule has 0 bridgehead atoms. The number of imide groups is 2. The van der Waals surface area contributed by atoms with Crippen molar-refractivity contribution in [3.8, 4) is 0 Å². The SMILES string of the molecule is CCCCC1(CC)C(=O)NC(=O)NC1=O.c1cncc([C@@H]2CCCCN2)c1. The number of urea groups is 1. The van der Waals surface area contributed by atoms with Gasteiger partial charge in [-0.3, -0.25) is 25.2 Å². The maximum Gasteiger partial charge on any atom is 0.328 e. The number of barbiturate groups is 1. The maximum atomic E-state index is 11.7. The summed E-state index contributed by atoms with van der Waals surface area (Å²) in [5, 5.41) is 7.80. The second-order valence-corrected chi connectivity index (χ2v) is 7.07. The molecule has 2 aliphatic heterocycles. The van der Waals surface area contributed by atoms with E-state index < -0.39 is 23.3 Å². The summed E-state index contributed by atoms with van der Waals surface area (Å²) < 4.78 is 0. The quantitative estimate of drug-likeness (QED) is 0.688. The van der Waals surface area contributed by atoms with Gasteiger partial charge in [-0.1, -0.05) is 39.2 Å². The summed E-state index contributed by atoms with van der Waals surface area (Å²) in [4.78, 5) is 38.4. The predicted octanol–water partition coefficient (Wildman–Crippen LogP) is 2.84. The van der Waals surface area contributed by atoms with Crippen LogP contribution in [0.5, 0.6) is 0 Å². The van der Waals surface area contributed by atoms with Gasteiger partial charge in [0.2, 0.25) is 11.8 Å². The maximum absolute atomic E-state index is 11.7. The van der Waals surface area contributed by atoms with Crippen LogP contribution in [0.2, 0.25) is 0 Å². The van der Waals surface area contributed by atoms with Crippen molar-refractivity contribution in [2.75, 3.05) is 6.54 Å². The lowest BCUT2D eigenvalue weighted by Gasteiger charge is -2.32. The van der Waals surface area contributed by atoms with Crippen LogP contribution in [-0.4, -0.2) is 29.4 Å². The van der Waals surface area contributed by atoms with E-state index in [0.29, 0.717) is 18.9 Å². The lowest BCUT2D eigenvalue weighted by atomic mass is 9.77. The van der Waals surface area contributed by atoms with Gasteiger partial charge in [-0.15, -0.1) is 0 Å². The fourth-order valence-electron chi connectivity index (χ4n) is 3.50. The Morgan fingerprint density at radius 1 is 1.15 bits per heavy atom. The molecule has 3 heterocycles. The van der Waals surface area contributed by atoms with Gasteiger partial charge >= 0.3 is 6.03 Å². The molecular formula is C20H30N4O3. The molecule has 148 valence electrons. The lowest BCUT2D eigenvalue weighted by molar-refractivity contribution is -0.145. The highest BCUT2D eigenvalue weighted by Gasteiger charge is 2.48. The van der Waals surface area contributed by atoms with Crippen LogP contribution in [0.3, 0.4) is 0 Å². The lowest BCUT2D eigenvalue weighted by Crippen LogP contribution is -2.62. The molecule has 0 aliphatic carbocycles. The zero-order valence-electron chi connectivity index (χ0n) is 16.2. The van der Waals surface area contributed by atoms with Crippen molar-refractivity contribution in [1.29, 1.82) is 0 Å². The van der Waals surface area contributed by atoms with E-state index in [1.165, 1.54) is 24.8 Å². The average Bonchev–Trinajstić information content (AvgIpc) is 2.70. The van der Waals surface area contributed by atoms with E-state index in [1.807, 2.05) is 25.4 Å². The summed E-state index contributed by atoms with van der Waals surface area (Å²) >= 11 is 0. The number of carbonyl (C=O) groups excluding carboxylic acids is 3. The van der Waals surface area contributed by atoms with Crippen LogP contribution in [0, 0.1) is 5.41 Å². The van der Waals surface area contributed by atoms with Crippen molar-refractivity contribution in [3.05, 3.63) is 30.1 Å². The highest BCUT2D eigenvalue weighted by molar-refractivity contribution is 6.19. The molecule has 4 amide bonds. The van der Waals surface area contributed by atoms with E-state index in [0.717, 1.165) is 19.4 Å². The first-order chi connectivity index (χ1) is 13.0. The molecule has 2 fully saturated rings. The third kappa shape index (κ3) is 5.35. The molecule has 0 spiro atoms. The third-order valence-electron chi connectivity index (χ3n) is 5.28. The Kier molecular flexibility index (Phi) is 7.91. The van der Waals surface area contributed by atoms with E-state index in [2.05, 4.69) is 27.0 Å². The van der Waals surface area contributed by atoms with Gasteiger partial charge in [-0.2, -0.15) is 0 Å². The Morgan fingerprint density at radius 3 is 2.41 bits per heavy atom. The van der Waals surface area contributed by atoms with E-state index in [9.17, 15) is 14.4 Å². The third-order valence-corrected chi connectivity index (χ3v) is 5.28. The second-order valence-electron chi connectivity index (χ2n) is 7.07. The normalized spacial score (nSPS) is 21.6. The first-order valence-electron chi connectivity index (χ1n) is 9.83. The van der Waals surface area contributed by atoms with Gasteiger partial charge in [0.15, 0.2) is 0 Å². The average molecular weight is 374 g/mol. The van der Waals surface area contributed by atoms with Gasteiger partial charge in [0.05, 0.1) is 0 Å². The molecule has 0 aromatic carbocycles. The highest BCUT2D eigenvalue weighted by Crippen LogP contribution is 2.31. The van der Waals surface area contributed by atoms with E-state index >= 15 is 0 Å². The summed E-state index contributed by atoms with van der Waals surface area (Å²) in [5.41, 5.74) is 0.279. The van der Waals surface area contributed by atoms with Gasteiger partial charge < -0.3 is 5.32 Å². The van der Waals surface area contributed by atoms with Gasteiger partial charge in [0.1, 0.15) is 5.41 Å². The van der Waals surface area contributed by atoms with Crippen molar-refractivity contribution in [2.45, 2.75) is 64.8 Å². The predicted molar refractivity (Wildman–Crippen MR) is 103 cm³/mol. The van der Waals surface area contributed by atoms with Crippen molar-refractivity contribution in [2.24, 2.45) is 5.41 Å². The highest BCUT2D eigenvalue weighted by atomic mass is 16.2. The van der Waals surface area contributed by atoms with Crippen molar-refractivity contribution < 1.29 is 14.4 Å². The molecule has 27 heavy (non-hydrogen) atoms. The van der Waals surface area contributed by atoms with Crippen LogP contribution < -0.4 is 16.0 Å². The van der Waals surface area contributed by atoms with Crippen molar-refractivity contribution in [1.82, 2.24) is 20.9 Å². The molecule has 2 aliphatic rings. The number of aromatic nitrogens is 1. The minimum atomic E-state index is -1.05. The largest absolute Gasteiger partial charge is 0.328 e. The minimum Gasteiger partial charge on any atom is -0.310 e. The smallest absolute Gasteiger partial charge is 0.310 e. The van der Waals surface area contributed by atoms with E-state index in [4.69, 9.17) is 0 Å². The summed E-state index contributed by atoms with van der Waals surface area (Å²) in [7, 11) is 0. The van der Waals surface area contributed by atoms with Crippen molar-refractivity contribution in [3.63, 3.8) is 0 Å². The molecule has 7 nitrogen and oxygen atoms in total.